The fourth-order valence-corrected chi connectivity index (χ4v) is 6.39. The number of rotatable bonds is 33. The van der Waals surface area contributed by atoms with Crippen LogP contribution in [0.4, 0.5) is 0 Å². The number of likely N-dealkylation sites (N-methyl/N-ethyl adjacent to an activating group) is 1. The Bertz CT molecular complexity index is 734. The molecule has 47 heavy (non-hydrogen) atoms. The second kappa shape index (κ2) is 32.1. The summed E-state index contributed by atoms with van der Waals surface area (Å²) in [5.41, 5.74) is 0. The van der Waals surface area contributed by atoms with E-state index < -0.39 is 0 Å². The molecule has 0 radical (unpaired) electrons. The summed E-state index contributed by atoms with van der Waals surface area (Å²) in [6, 6.07) is 0.536. The summed E-state index contributed by atoms with van der Waals surface area (Å²) in [7, 11) is 2.21. The fourth-order valence-electron chi connectivity index (χ4n) is 6.39. The molecule has 1 rings (SSSR count). The maximum Gasteiger partial charge on any atom is 0.168 e. The summed E-state index contributed by atoms with van der Waals surface area (Å²) in [6.45, 7) is 10.8. The Balaban J connectivity index is 2.21. The van der Waals surface area contributed by atoms with Gasteiger partial charge >= 0.3 is 0 Å². The fraction of sp³-hybridized carbons (Fsp3) is 0.818. The Kier molecular flexibility index (Phi) is 29.9. The molecule has 1 aliphatic heterocycles. The zero-order chi connectivity index (χ0) is 34.1. The molecule has 0 aromatic rings. The van der Waals surface area contributed by atoms with Crippen LogP contribution in [0.25, 0.3) is 0 Å². The summed E-state index contributed by atoms with van der Waals surface area (Å²) < 4.78 is 13.2. The first-order valence-electron chi connectivity index (χ1n) is 20.6. The molecular formula is C44H81NO2. The molecule has 0 aliphatic carbocycles. The van der Waals surface area contributed by atoms with Gasteiger partial charge in [-0.2, -0.15) is 0 Å². The lowest BCUT2D eigenvalue weighted by Crippen LogP contribution is -2.37. The van der Waals surface area contributed by atoms with Crippen molar-refractivity contribution in [1.82, 2.24) is 4.90 Å². The molecule has 1 fully saturated rings. The molecule has 1 atom stereocenters. The Morgan fingerprint density at radius 1 is 0.553 bits per heavy atom. The highest BCUT2D eigenvalue weighted by molar-refractivity contribution is 4.93. The molecule has 0 bridgehead atoms. The third kappa shape index (κ3) is 26.4. The number of hydrogen-bond donors (Lipinski definition) is 0. The van der Waals surface area contributed by atoms with Gasteiger partial charge in [0.2, 0.25) is 0 Å². The molecule has 1 aliphatic rings. The van der Waals surface area contributed by atoms with Crippen LogP contribution in [0.1, 0.15) is 195 Å². The summed E-state index contributed by atoms with van der Waals surface area (Å²) in [4.78, 5) is 2.39. The molecular weight excluding hydrogens is 574 g/mol. The van der Waals surface area contributed by atoms with E-state index in [1.807, 2.05) is 0 Å². The quantitative estimate of drug-likeness (QED) is 0.0519. The van der Waals surface area contributed by atoms with Crippen LogP contribution in [0, 0.1) is 0 Å². The van der Waals surface area contributed by atoms with E-state index in [4.69, 9.17) is 9.47 Å². The van der Waals surface area contributed by atoms with Gasteiger partial charge in [0, 0.05) is 25.4 Å². The smallest absolute Gasteiger partial charge is 0.168 e. The van der Waals surface area contributed by atoms with Gasteiger partial charge in [0.25, 0.3) is 0 Å². The van der Waals surface area contributed by atoms with Crippen molar-refractivity contribution in [2.24, 2.45) is 0 Å². The molecule has 0 unspecified atom stereocenters. The van der Waals surface area contributed by atoms with Crippen molar-refractivity contribution in [2.45, 2.75) is 213 Å². The lowest BCUT2D eigenvalue weighted by molar-refractivity contribution is -0.180. The zero-order valence-electron chi connectivity index (χ0n) is 32.3. The third-order valence-electron chi connectivity index (χ3n) is 9.80. The predicted molar refractivity (Wildman–Crippen MR) is 209 cm³/mol. The van der Waals surface area contributed by atoms with Gasteiger partial charge in [0.15, 0.2) is 5.79 Å². The van der Waals surface area contributed by atoms with Crippen molar-refractivity contribution in [3.8, 4) is 0 Å². The number of unbranched alkanes of at least 4 members (excludes halogenated alkanes) is 18. The number of hydrogen-bond acceptors (Lipinski definition) is 3. The Morgan fingerprint density at radius 2 is 0.936 bits per heavy atom. The van der Waals surface area contributed by atoms with Gasteiger partial charge in [-0.1, -0.05) is 140 Å². The number of allylic oxidation sites excluding steroid dienone is 8. The van der Waals surface area contributed by atoms with Crippen molar-refractivity contribution in [3.63, 3.8) is 0 Å². The molecule has 274 valence electrons. The molecule has 0 spiro atoms. The average Bonchev–Trinajstić information content (AvgIpc) is 3.46. The number of nitrogens with zero attached hydrogens (tertiary/aromatic N) is 1. The van der Waals surface area contributed by atoms with E-state index in [0.29, 0.717) is 6.04 Å². The van der Waals surface area contributed by atoms with Crippen LogP contribution in [-0.2, 0) is 9.47 Å². The summed E-state index contributed by atoms with van der Waals surface area (Å²) >= 11 is 0. The van der Waals surface area contributed by atoms with Crippen LogP contribution in [0.5, 0.6) is 0 Å². The van der Waals surface area contributed by atoms with Crippen molar-refractivity contribution >= 4 is 0 Å². The molecule has 1 saturated heterocycles. The standard InChI is InChI=1S/C44H81NO2/c1-6-8-10-12-14-16-18-20-22-24-26-28-30-32-34-36-38-44(46-41-43(47-44)40-45(5)42(3)4)39-37-35-33-31-29-27-25-23-21-19-17-15-13-11-9-7-2/h14-17,20-23,42-43H,6-13,18-19,24-41H2,1-5H3/b16-14-,17-15-,22-20-,23-21-/t43-/m1/s1. The second-order valence-corrected chi connectivity index (χ2v) is 14.7. The van der Waals surface area contributed by atoms with Crippen LogP contribution >= 0.6 is 0 Å². The van der Waals surface area contributed by atoms with Crippen molar-refractivity contribution in [3.05, 3.63) is 48.6 Å². The number of ether oxygens (including phenoxy) is 2. The Morgan fingerprint density at radius 3 is 1.34 bits per heavy atom. The van der Waals surface area contributed by atoms with Crippen molar-refractivity contribution in [2.75, 3.05) is 20.2 Å². The van der Waals surface area contributed by atoms with Crippen molar-refractivity contribution < 1.29 is 9.47 Å². The summed E-state index contributed by atoms with van der Waals surface area (Å²) in [5.74, 6) is -0.340. The first-order valence-corrected chi connectivity index (χ1v) is 20.6. The highest BCUT2D eigenvalue weighted by Crippen LogP contribution is 2.35. The van der Waals surface area contributed by atoms with E-state index in [1.165, 1.54) is 141 Å². The van der Waals surface area contributed by atoms with Crippen LogP contribution in [0.15, 0.2) is 48.6 Å². The van der Waals surface area contributed by atoms with Gasteiger partial charge in [-0.25, -0.2) is 0 Å². The van der Waals surface area contributed by atoms with Gasteiger partial charge in [-0.15, -0.1) is 0 Å². The highest BCUT2D eigenvalue weighted by atomic mass is 16.7. The minimum Gasteiger partial charge on any atom is -0.347 e. The van der Waals surface area contributed by atoms with Crippen LogP contribution in [-0.4, -0.2) is 43.0 Å². The van der Waals surface area contributed by atoms with Gasteiger partial charge in [0.05, 0.1) is 12.7 Å². The van der Waals surface area contributed by atoms with Crippen LogP contribution in [0.3, 0.4) is 0 Å². The topological polar surface area (TPSA) is 21.7 Å². The predicted octanol–water partition coefficient (Wildman–Crippen LogP) is 13.8. The largest absolute Gasteiger partial charge is 0.347 e. The van der Waals surface area contributed by atoms with Gasteiger partial charge in [-0.3, -0.25) is 0 Å². The van der Waals surface area contributed by atoms with Gasteiger partial charge in [0.1, 0.15) is 0 Å². The molecule has 0 N–H and O–H groups in total. The first kappa shape index (κ1) is 43.9. The Labute approximate surface area is 295 Å². The average molecular weight is 656 g/mol. The maximum atomic E-state index is 6.73. The monoisotopic (exact) mass is 656 g/mol. The van der Waals surface area contributed by atoms with Gasteiger partial charge < -0.3 is 14.4 Å². The Hall–Kier alpha value is -1.16. The molecule has 0 aromatic carbocycles. The van der Waals surface area contributed by atoms with E-state index in [0.717, 1.165) is 38.8 Å². The normalized spacial score (nSPS) is 17.0. The van der Waals surface area contributed by atoms with E-state index in [2.05, 4.69) is 88.3 Å². The SMILES string of the molecule is CCCCC/C=C\C/C=C\CCCCCCCCC1(CCCCCCCC/C=C\C/C=C\CCCCC)OC[C@@H](CN(C)C(C)C)O1. The molecule has 0 amide bonds. The third-order valence-corrected chi connectivity index (χ3v) is 9.80. The molecule has 3 heteroatoms. The van der Waals surface area contributed by atoms with E-state index >= 15 is 0 Å². The summed E-state index contributed by atoms with van der Waals surface area (Å²) in [6.07, 6.45) is 52.1. The molecule has 0 aromatic heterocycles. The second-order valence-electron chi connectivity index (χ2n) is 14.7. The minimum atomic E-state index is -0.340. The lowest BCUT2D eigenvalue weighted by atomic mass is 9.98. The van der Waals surface area contributed by atoms with Crippen molar-refractivity contribution in [1.29, 1.82) is 0 Å². The van der Waals surface area contributed by atoms with E-state index in [9.17, 15) is 0 Å². The first-order chi connectivity index (χ1) is 23.0. The summed E-state index contributed by atoms with van der Waals surface area (Å²) in [5, 5.41) is 0. The minimum absolute atomic E-state index is 0.205. The molecule has 1 heterocycles. The lowest BCUT2D eigenvalue weighted by Gasteiger charge is -2.30. The highest BCUT2D eigenvalue weighted by Gasteiger charge is 2.40. The van der Waals surface area contributed by atoms with E-state index in [-0.39, 0.29) is 11.9 Å². The maximum absolute atomic E-state index is 6.73. The van der Waals surface area contributed by atoms with E-state index in [1.54, 1.807) is 0 Å². The van der Waals surface area contributed by atoms with Crippen LogP contribution in [0.2, 0.25) is 0 Å². The van der Waals surface area contributed by atoms with Crippen LogP contribution < -0.4 is 0 Å². The molecule has 0 saturated carbocycles. The molecule has 3 nitrogen and oxygen atoms in total. The van der Waals surface area contributed by atoms with Gasteiger partial charge in [-0.05, 0) is 97.9 Å². The zero-order valence-corrected chi connectivity index (χ0v) is 32.3.